The fourth-order valence-electron chi connectivity index (χ4n) is 1.71. The fourth-order valence-corrected chi connectivity index (χ4v) is 1.71. The normalized spacial score (nSPS) is 11.3. The molecule has 3 nitrogen and oxygen atoms in total. The molecular weight excluding hydrogens is 224 g/mol. The molecule has 3 heteroatoms. The van der Waals surface area contributed by atoms with Crippen LogP contribution in [-0.4, -0.2) is 12.4 Å². The highest BCUT2D eigenvalue weighted by atomic mass is 16.5. The molecule has 1 rings (SSSR count). The number of hydrogen-bond acceptors (Lipinski definition) is 2. The third-order valence-electron chi connectivity index (χ3n) is 3.49. The van der Waals surface area contributed by atoms with Gasteiger partial charge in [0, 0.05) is 5.41 Å². The molecule has 0 bridgehead atoms. The molecule has 0 saturated heterocycles. The molecule has 0 fully saturated rings. The van der Waals surface area contributed by atoms with Gasteiger partial charge in [-0.25, -0.2) is 0 Å². The smallest absolute Gasteiger partial charge is 0.122 e. The number of ether oxygens (including phenoxy) is 1. The molecule has 18 heavy (non-hydrogen) atoms. The standard InChI is InChI=1S/C15H24N2O/c1-11-7-5-8-13(12(11)2)18-10-6-9-15(3,4)14(16)17/h5,7-8H,6,9-10H2,1-4H3,(H3,16,17). The fraction of sp³-hybridized carbons (Fsp3) is 0.533. The zero-order valence-electron chi connectivity index (χ0n) is 11.8. The predicted octanol–water partition coefficient (Wildman–Crippen LogP) is 3.42. The van der Waals surface area contributed by atoms with Crippen molar-refractivity contribution in [3.05, 3.63) is 29.3 Å². The lowest BCUT2D eigenvalue weighted by Crippen LogP contribution is -2.31. The van der Waals surface area contributed by atoms with Crippen LogP contribution in [0.1, 0.15) is 37.8 Å². The lowest BCUT2D eigenvalue weighted by molar-refractivity contribution is 0.285. The monoisotopic (exact) mass is 248 g/mol. The van der Waals surface area contributed by atoms with Crippen LogP contribution in [0.5, 0.6) is 5.75 Å². The Labute approximate surface area is 110 Å². The molecule has 0 heterocycles. The highest BCUT2D eigenvalue weighted by Gasteiger charge is 2.20. The van der Waals surface area contributed by atoms with E-state index in [0.717, 1.165) is 18.6 Å². The molecular formula is C15H24N2O. The summed E-state index contributed by atoms with van der Waals surface area (Å²) in [5.74, 6) is 1.20. The first-order valence-electron chi connectivity index (χ1n) is 6.38. The molecule has 0 aliphatic rings. The van der Waals surface area contributed by atoms with Gasteiger partial charge < -0.3 is 10.5 Å². The molecule has 1 aromatic rings. The Balaban J connectivity index is 2.43. The predicted molar refractivity (Wildman–Crippen MR) is 76.3 cm³/mol. The maximum atomic E-state index is 7.50. The maximum Gasteiger partial charge on any atom is 0.122 e. The third-order valence-corrected chi connectivity index (χ3v) is 3.49. The van der Waals surface area contributed by atoms with E-state index in [4.69, 9.17) is 15.9 Å². The third kappa shape index (κ3) is 3.76. The summed E-state index contributed by atoms with van der Waals surface area (Å²) in [4.78, 5) is 0. The van der Waals surface area contributed by atoms with Gasteiger partial charge in [0.2, 0.25) is 0 Å². The lowest BCUT2D eigenvalue weighted by atomic mass is 9.87. The molecule has 0 unspecified atom stereocenters. The van der Waals surface area contributed by atoms with Crippen LogP contribution in [0.25, 0.3) is 0 Å². The van der Waals surface area contributed by atoms with E-state index in [1.165, 1.54) is 11.1 Å². The largest absolute Gasteiger partial charge is 0.493 e. The summed E-state index contributed by atoms with van der Waals surface area (Å²) < 4.78 is 5.78. The highest BCUT2D eigenvalue weighted by molar-refractivity contribution is 5.82. The number of nitrogens with two attached hydrogens (primary N) is 1. The van der Waals surface area contributed by atoms with E-state index in [-0.39, 0.29) is 11.3 Å². The van der Waals surface area contributed by atoms with Crippen molar-refractivity contribution < 1.29 is 4.74 Å². The van der Waals surface area contributed by atoms with Gasteiger partial charge in [0.05, 0.1) is 12.4 Å². The summed E-state index contributed by atoms with van der Waals surface area (Å²) in [6.07, 6.45) is 1.77. The number of nitrogens with one attached hydrogen (secondary N) is 1. The Bertz CT molecular complexity index is 425. The number of amidine groups is 1. The van der Waals surface area contributed by atoms with E-state index in [1.807, 2.05) is 26.0 Å². The highest BCUT2D eigenvalue weighted by Crippen LogP contribution is 2.23. The van der Waals surface area contributed by atoms with Crippen LogP contribution in [0.2, 0.25) is 0 Å². The molecule has 100 valence electrons. The molecule has 3 N–H and O–H groups in total. The van der Waals surface area contributed by atoms with Crippen LogP contribution in [0.15, 0.2) is 18.2 Å². The average Bonchev–Trinajstić information content (AvgIpc) is 2.29. The van der Waals surface area contributed by atoms with Gasteiger partial charge in [-0.1, -0.05) is 26.0 Å². The van der Waals surface area contributed by atoms with E-state index >= 15 is 0 Å². The van der Waals surface area contributed by atoms with Crippen LogP contribution in [0, 0.1) is 24.7 Å². The minimum atomic E-state index is -0.231. The Morgan fingerprint density at radius 3 is 2.61 bits per heavy atom. The summed E-state index contributed by atoms with van der Waals surface area (Å²) >= 11 is 0. The van der Waals surface area contributed by atoms with Gasteiger partial charge in [-0.15, -0.1) is 0 Å². The number of hydrogen-bond donors (Lipinski definition) is 2. The second-order valence-electron chi connectivity index (χ2n) is 5.45. The van der Waals surface area contributed by atoms with Gasteiger partial charge >= 0.3 is 0 Å². The van der Waals surface area contributed by atoms with Gasteiger partial charge in [0.1, 0.15) is 5.75 Å². The van der Waals surface area contributed by atoms with E-state index in [0.29, 0.717) is 6.61 Å². The Morgan fingerprint density at radius 1 is 1.33 bits per heavy atom. The van der Waals surface area contributed by atoms with Gasteiger partial charge in [-0.05, 0) is 43.9 Å². The molecule has 0 amide bonds. The second kappa shape index (κ2) is 5.89. The number of aryl methyl sites for hydroxylation is 1. The summed E-state index contributed by atoms with van der Waals surface area (Å²) in [7, 11) is 0. The summed E-state index contributed by atoms with van der Waals surface area (Å²) in [6, 6.07) is 6.09. The van der Waals surface area contributed by atoms with Crippen molar-refractivity contribution in [3.63, 3.8) is 0 Å². The Morgan fingerprint density at radius 2 is 2.00 bits per heavy atom. The van der Waals surface area contributed by atoms with Crippen molar-refractivity contribution in [2.45, 2.75) is 40.5 Å². The van der Waals surface area contributed by atoms with E-state index in [2.05, 4.69) is 19.9 Å². The van der Waals surface area contributed by atoms with E-state index in [1.54, 1.807) is 0 Å². The molecule has 0 aliphatic carbocycles. The van der Waals surface area contributed by atoms with Crippen LogP contribution in [0.3, 0.4) is 0 Å². The molecule has 0 aromatic heterocycles. The zero-order valence-corrected chi connectivity index (χ0v) is 11.8. The first-order valence-corrected chi connectivity index (χ1v) is 6.38. The van der Waals surface area contributed by atoms with Crippen molar-refractivity contribution in [1.29, 1.82) is 5.41 Å². The van der Waals surface area contributed by atoms with Crippen molar-refractivity contribution in [2.75, 3.05) is 6.61 Å². The van der Waals surface area contributed by atoms with Crippen LogP contribution < -0.4 is 10.5 Å². The quantitative estimate of drug-likeness (QED) is 0.460. The molecule has 0 saturated carbocycles. The first-order chi connectivity index (χ1) is 8.34. The summed E-state index contributed by atoms with van der Waals surface area (Å²) in [6.45, 7) is 8.81. The first kappa shape index (κ1) is 14.6. The van der Waals surface area contributed by atoms with Gasteiger partial charge in [0.15, 0.2) is 0 Å². The number of rotatable bonds is 6. The number of benzene rings is 1. The van der Waals surface area contributed by atoms with E-state index in [9.17, 15) is 0 Å². The molecule has 0 spiro atoms. The van der Waals surface area contributed by atoms with Crippen molar-refractivity contribution in [3.8, 4) is 5.75 Å². The minimum Gasteiger partial charge on any atom is -0.493 e. The van der Waals surface area contributed by atoms with Crippen molar-refractivity contribution in [2.24, 2.45) is 11.1 Å². The van der Waals surface area contributed by atoms with E-state index < -0.39 is 0 Å². The second-order valence-corrected chi connectivity index (χ2v) is 5.45. The Kier molecular flexibility index (Phi) is 4.76. The van der Waals surface area contributed by atoms with Crippen LogP contribution in [-0.2, 0) is 0 Å². The topological polar surface area (TPSA) is 59.1 Å². The summed E-state index contributed by atoms with van der Waals surface area (Å²) in [5, 5.41) is 7.50. The van der Waals surface area contributed by atoms with Crippen LogP contribution in [0.4, 0.5) is 0 Å². The molecule has 0 aliphatic heterocycles. The lowest BCUT2D eigenvalue weighted by Gasteiger charge is -2.22. The SMILES string of the molecule is Cc1cccc(OCCCC(C)(C)C(=N)N)c1C. The van der Waals surface area contributed by atoms with Gasteiger partial charge in [-0.3, -0.25) is 5.41 Å². The Hall–Kier alpha value is -1.51. The zero-order chi connectivity index (χ0) is 13.8. The van der Waals surface area contributed by atoms with Crippen molar-refractivity contribution >= 4 is 5.84 Å². The van der Waals surface area contributed by atoms with Gasteiger partial charge in [0.25, 0.3) is 0 Å². The van der Waals surface area contributed by atoms with Crippen molar-refractivity contribution in [1.82, 2.24) is 0 Å². The summed E-state index contributed by atoms with van der Waals surface area (Å²) in [5.41, 5.74) is 7.76. The molecule has 1 aromatic carbocycles. The van der Waals surface area contributed by atoms with Crippen LogP contribution >= 0.6 is 0 Å². The minimum absolute atomic E-state index is 0.231. The molecule has 0 atom stereocenters. The van der Waals surface area contributed by atoms with Gasteiger partial charge in [-0.2, -0.15) is 0 Å². The maximum absolute atomic E-state index is 7.50. The molecule has 0 radical (unpaired) electrons. The average molecular weight is 248 g/mol.